The number of rotatable bonds is 4. The fourth-order valence-electron chi connectivity index (χ4n) is 2.64. The highest BCUT2D eigenvalue weighted by atomic mass is 32.1. The Labute approximate surface area is 142 Å². The maximum absolute atomic E-state index is 12.4. The summed E-state index contributed by atoms with van der Waals surface area (Å²) >= 11 is 1.39. The molecular formula is C15H17N5O3S. The molecule has 1 aromatic heterocycles. The number of piperazine rings is 1. The van der Waals surface area contributed by atoms with E-state index in [-0.39, 0.29) is 11.6 Å². The van der Waals surface area contributed by atoms with E-state index in [0.29, 0.717) is 38.4 Å². The molecule has 0 aliphatic carbocycles. The molecule has 2 heterocycles. The first-order valence-corrected chi connectivity index (χ1v) is 8.39. The lowest BCUT2D eigenvalue weighted by Crippen LogP contribution is -2.48. The Hall–Kier alpha value is -2.52. The number of hydrogen-bond acceptors (Lipinski definition) is 7. The highest BCUT2D eigenvalue weighted by Gasteiger charge is 2.24. The van der Waals surface area contributed by atoms with Crippen molar-refractivity contribution >= 4 is 28.6 Å². The number of nitrogens with zero attached hydrogens (tertiary/aromatic N) is 4. The number of anilines is 1. The van der Waals surface area contributed by atoms with Crippen LogP contribution in [-0.2, 0) is 6.54 Å². The molecule has 0 unspecified atom stereocenters. The molecule has 1 fully saturated rings. The van der Waals surface area contributed by atoms with Gasteiger partial charge in [0, 0.05) is 55.9 Å². The molecule has 0 spiro atoms. The second-order valence-corrected chi connectivity index (χ2v) is 6.33. The molecule has 1 saturated heterocycles. The number of thiazole rings is 1. The molecule has 0 radical (unpaired) electrons. The third-order valence-electron chi connectivity index (χ3n) is 3.92. The van der Waals surface area contributed by atoms with E-state index in [9.17, 15) is 14.9 Å². The zero-order valence-electron chi connectivity index (χ0n) is 12.9. The van der Waals surface area contributed by atoms with Gasteiger partial charge in [-0.2, -0.15) is 0 Å². The lowest BCUT2D eigenvalue weighted by atomic mass is 10.2. The quantitative estimate of drug-likeness (QED) is 0.663. The molecule has 1 aliphatic rings. The second-order valence-electron chi connectivity index (χ2n) is 5.39. The lowest BCUT2D eigenvalue weighted by molar-refractivity contribution is -0.384. The summed E-state index contributed by atoms with van der Waals surface area (Å²) in [5.41, 5.74) is 6.83. The predicted octanol–water partition coefficient (Wildman–Crippen LogP) is 1.47. The Morgan fingerprint density at radius 2 is 2.08 bits per heavy atom. The van der Waals surface area contributed by atoms with Gasteiger partial charge in [0.15, 0.2) is 0 Å². The molecule has 2 aromatic rings. The summed E-state index contributed by atoms with van der Waals surface area (Å²) in [7, 11) is 0. The van der Waals surface area contributed by atoms with Crippen molar-refractivity contribution in [2.45, 2.75) is 6.54 Å². The summed E-state index contributed by atoms with van der Waals surface area (Å²) in [4.78, 5) is 30.9. The van der Waals surface area contributed by atoms with Gasteiger partial charge in [-0.05, 0) is 6.07 Å². The number of benzene rings is 1. The topological polar surface area (TPSA) is 106 Å². The highest BCUT2D eigenvalue weighted by Crippen LogP contribution is 2.22. The van der Waals surface area contributed by atoms with Crippen molar-refractivity contribution in [1.82, 2.24) is 9.88 Å². The van der Waals surface area contributed by atoms with Gasteiger partial charge in [-0.25, -0.2) is 4.98 Å². The van der Waals surface area contributed by atoms with E-state index < -0.39 is 4.92 Å². The Kier molecular flexibility index (Phi) is 4.72. The number of nitrogens with two attached hydrogens (primary N) is 1. The highest BCUT2D eigenvalue weighted by molar-refractivity contribution is 7.09. The summed E-state index contributed by atoms with van der Waals surface area (Å²) in [6.45, 7) is 2.69. The van der Waals surface area contributed by atoms with Crippen LogP contribution in [0, 0.1) is 10.1 Å². The van der Waals surface area contributed by atoms with Crippen LogP contribution in [0.2, 0.25) is 0 Å². The number of aromatic nitrogens is 1. The van der Waals surface area contributed by atoms with Gasteiger partial charge in [0.1, 0.15) is 10.7 Å². The van der Waals surface area contributed by atoms with Crippen LogP contribution in [0.5, 0.6) is 0 Å². The molecule has 8 nitrogen and oxygen atoms in total. The predicted molar refractivity (Wildman–Crippen MR) is 91.2 cm³/mol. The standard InChI is InChI=1S/C15H17N5O3S/c16-9-14-17-13(10-24-14)15(21)19-6-4-18(5-7-19)11-2-1-3-12(8-11)20(22)23/h1-3,8,10H,4-7,9,16H2. The molecular weight excluding hydrogens is 330 g/mol. The van der Waals surface area contributed by atoms with Crippen LogP contribution in [0.25, 0.3) is 0 Å². The summed E-state index contributed by atoms with van der Waals surface area (Å²) in [6.07, 6.45) is 0. The zero-order valence-corrected chi connectivity index (χ0v) is 13.7. The van der Waals surface area contributed by atoms with E-state index >= 15 is 0 Å². The monoisotopic (exact) mass is 347 g/mol. The summed E-state index contributed by atoms with van der Waals surface area (Å²) in [5, 5.41) is 13.4. The first-order valence-electron chi connectivity index (χ1n) is 7.51. The van der Waals surface area contributed by atoms with E-state index in [1.54, 1.807) is 22.4 Å². The molecule has 1 amide bonds. The van der Waals surface area contributed by atoms with Gasteiger partial charge in [0.2, 0.25) is 0 Å². The van der Waals surface area contributed by atoms with Crippen LogP contribution in [0.15, 0.2) is 29.6 Å². The Morgan fingerprint density at radius 3 is 2.71 bits per heavy atom. The Bertz CT molecular complexity index is 755. The molecule has 0 atom stereocenters. The van der Waals surface area contributed by atoms with Crippen LogP contribution < -0.4 is 10.6 Å². The van der Waals surface area contributed by atoms with Gasteiger partial charge in [-0.3, -0.25) is 14.9 Å². The molecule has 0 bridgehead atoms. The average Bonchev–Trinajstić information content (AvgIpc) is 3.10. The minimum absolute atomic E-state index is 0.0720. The number of amides is 1. The summed E-state index contributed by atoms with van der Waals surface area (Å²) in [5.74, 6) is -0.0929. The van der Waals surface area contributed by atoms with Crippen molar-refractivity contribution in [2.75, 3.05) is 31.1 Å². The summed E-state index contributed by atoms with van der Waals surface area (Å²) < 4.78 is 0. The van der Waals surface area contributed by atoms with Gasteiger partial charge in [-0.15, -0.1) is 11.3 Å². The first-order chi connectivity index (χ1) is 11.6. The van der Waals surface area contributed by atoms with Crippen molar-refractivity contribution < 1.29 is 9.72 Å². The van der Waals surface area contributed by atoms with E-state index in [1.165, 1.54) is 17.4 Å². The van der Waals surface area contributed by atoms with Gasteiger partial charge in [0.05, 0.1) is 4.92 Å². The van der Waals surface area contributed by atoms with E-state index in [2.05, 4.69) is 4.98 Å². The number of hydrogen-bond donors (Lipinski definition) is 1. The third-order valence-corrected chi connectivity index (χ3v) is 4.79. The maximum atomic E-state index is 12.4. The number of nitro benzene ring substituents is 1. The Morgan fingerprint density at radius 1 is 1.33 bits per heavy atom. The smallest absolute Gasteiger partial charge is 0.273 e. The SMILES string of the molecule is NCc1nc(C(=O)N2CCN(c3cccc([N+](=O)[O-])c3)CC2)cs1. The fraction of sp³-hybridized carbons (Fsp3) is 0.333. The Balaban J connectivity index is 1.64. The zero-order chi connectivity index (χ0) is 17.1. The van der Waals surface area contributed by atoms with E-state index in [0.717, 1.165) is 10.7 Å². The number of nitro groups is 1. The lowest BCUT2D eigenvalue weighted by Gasteiger charge is -2.35. The van der Waals surface area contributed by atoms with E-state index in [1.807, 2.05) is 11.0 Å². The fourth-order valence-corrected chi connectivity index (χ4v) is 3.28. The van der Waals surface area contributed by atoms with Crippen molar-refractivity contribution in [3.05, 3.63) is 50.5 Å². The van der Waals surface area contributed by atoms with Gasteiger partial charge in [0.25, 0.3) is 11.6 Å². The number of carbonyl (C=O) groups is 1. The molecule has 24 heavy (non-hydrogen) atoms. The maximum Gasteiger partial charge on any atom is 0.273 e. The molecule has 3 rings (SSSR count). The normalized spacial score (nSPS) is 14.7. The molecule has 1 aromatic carbocycles. The molecule has 1 aliphatic heterocycles. The second kappa shape index (κ2) is 6.93. The molecule has 9 heteroatoms. The van der Waals surface area contributed by atoms with Crippen molar-refractivity contribution in [2.24, 2.45) is 5.73 Å². The van der Waals surface area contributed by atoms with Crippen LogP contribution >= 0.6 is 11.3 Å². The van der Waals surface area contributed by atoms with Crippen molar-refractivity contribution in [3.63, 3.8) is 0 Å². The third kappa shape index (κ3) is 3.36. The minimum atomic E-state index is -0.402. The van der Waals surface area contributed by atoms with Crippen LogP contribution in [0.1, 0.15) is 15.5 Å². The molecule has 2 N–H and O–H groups in total. The van der Waals surface area contributed by atoms with Gasteiger partial charge in [-0.1, -0.05) is 6.07 Å². The number of carbonyl (C=O) groups excluding carboxylic acids is 1. The van der Waals surface area contributed by atoms with Gasteiger partial charge < -0.3 is 15.5 Å². The average molecular weight is 347 g/mol. The van der Waals surface area contributed by atoms with Crippen molar-refractivity contribution in [3.8, 4) is 0 Å². The summed E-state index contributed by atoms with van der Waals surface area (Å²) in [6, 6.07) is 6.55. The van der Waals surface area contributed by atoms with E-state index in [4.69, 9.17) is 5.73 Å². The van der Waals surface area contributed by atoms with Crippen molar-refractivity contribution in [1.29, 1.82) is 0 Å². The molecule has 0 saturated carbocycles. The molecule has 126 valence electrons. The largest absolute Gasteiger partial charge is 0.368 e. The first kappa shape index (κ1) is 16.3. The number of non-ortho nitro benzene ring substituents is 1. The van der Waals surface area contributed by atoms with Crippen LogP contribution in [0.3, 0.4) is 0 Å². The van der Waals surface area contributed by atoms with Gasteiger partial charge >= 0.3 is 0 Å². The van der Waals surface area contributed by atoms with Crippen LogP contribution in [-0.4, -0.2) is 46.9 Å². The minimum Gasteiger partial charge on any atom is -0.368 e. The van der Waals surface area contributed by atoms with Crippen LogP contribution in [0.4, 0.5) is 11.4 Å².